The van der Waals surface area contributed by atoms with Crippen LogP contribution in [-0.4, -0.2) is 11.2 Å². The Labute approximate surface area is 56.1 Å². The van der Waals surface area contributed by atoms with Gasteiger partial charge in [0.05, 0.1) is 6.07 Å². The summed E-state index contributed by atoms with van der Waals surface area (Å²) in [7, 11) is 0. The van der Waals surface area contributed by atoms with E-state index in [-0.39, 0.29) is 5.92 Å². The summed E-state index contributed by atoms with van der Waals surface area (Å²) in [5, 5.41) is 17.2. The third kappa shape index (κ3) is 2.48. The van der Waals surface area contributed by atoms with Gasteiger partial charge in [0, 0.05) is 0 Å². The van der Waals surface area contributed by atoms with Gasteiger partial charge < -0.3 is 5.11 Å². The molecule has 0 rings (SSSR count). The van der Waals surface area contributed by atoms with Gasteiger partial charge in [-0.05, 0) is 18.8 Å². The van der Waals surface area contributed by atoms with E-state index < -0.39 is 6.10 Å². The molecule has 0 saturated heterocycles. The highest BCUT2D eigenvalue weighted by atomic mass is 16.3. The second-order valence-electron chi connectivity index (χ2n) is 2.15. The molecule has 52 valence electrons. The first-order valence-corrected chi connectivity index (χ1v) is 3.33. The Kier molecular flexibility index (Phi) is 4.08. The van der Waals surface area contributed by atoms with E-state index in [1.165, 1.54) is 0 Å². The monoisotopic (exact) mass is 127 g/mol. The van der Waals surface area contributed by atoms with E-state index in [1.54, 1.807) is 0 Å². The van der Waals surface area contributed by atoms with E-state index in [4.69, 9.17) is 10.4 Å². The van der Waals surface area contributed by atoms with E-state index in [1.807, 2.05) is 19.9 Å². The zero-order valence-electron chi connectivity index (χ0n) is 5.96. The van der Waals surface area contributed by atoms with Gasteiger partial charge in [-0.1, -0.05) is 13.8 Å². The minimum Gasteiger partial charge on any atom is -0.378 e. The number of nitrogens with zero attached hydrogens (tertiary/aromatic N) is 1. The summed E-state index contributed by atoms with van der Waals surface area (Å²) < 4.78 is 0. The Bertz CT molecular complexity index is 102. The molecular weight excluding hydrogens is 114 g/mol. The number of hydrogen-bond acceptors (Lipinski definition) is 2. The van der Waals surface area contributed by atoms with Crippen LogP contribution in [0.25, 0.3) is 0 Å². The third-order valence-corrected chi connectivity index (χ3v) is 1.63. The van der Waals surface area contributed by atoms with Gasteiger partial charge >= 0.3 is 0 Å². The maximum absolute atomic E-state index is 8.96. The third-order valence-electron chi connectivity index (χ3n) is 1.63. The average molecular weight is 127 g/mol. The van der Waals surface area contributed by atoms with Gasteiger partial charge in [0.15, 0.2) is 0 Å². The lowest BCUT2D eigenvalue weighted by Crippen LogP contribution is -2.16. The predicted molar refractivity (Wildman–Crippen MR) is 35.7 cm³/mol. The van der Waals surface area contributed by atoms with Crippen molar-refractivity contribution < 1.29 is 5.11 Å². The maximum atomic E-state index is 8.96. The highest BCUT2D eigenvalue weighted by Crippen LogP contribution is 2.11. The van der Waals surface area contributed by atoms with Crippen molar-refractivity contribution in [3.05, 3.63) is 0 Å². The molecule has 0 heterocycles. The minimum atomic E-state index is -0.764. The molecule has 0 aliphatic carbocycles. The van der Waals surface area contributed by atoms with Gasteiger partial charge in [0.1, 0.15) is 6.10 Å². The average Bonchev–Trinajstić information content (AvgIpc) is 1.90. The fourth-order valence-corrected chi connectivity index (χ4v) is 0.841. The first-order valence-electron chi connectivity index (χ1n) is 3.33. The Balaban J connectivity index is 3.67. The number of hydrogen-bond donors (Lipinski definition) is 1. The first-order chi connectivity index (χ1) is 4.26. The Morgan fingerprint density at radius 3 is 2.00 bits per heavy atom. The molecule has 0 spiro atoms. The lowest BCUT2D eigenvalue weighted by Gasteiger charge is -2.11. The number of aliphatic hydroxyl groups excluding tert-OH is 1. The predicted octanol–water partition coefficient (Wildman–Crippen LogP) is 1.31. The molecule has 0 aromatic carbocycles. The molecule has 0 unspecified atom stereocenters. The molecule has 0 aromatic rings. The molecular formula is C7H13NO. The molecule has 9 heavy (non-hydrogen) atoms. The molecule has 2 heteroatoms. The number of rotatable bonds is 3. The molecule has 0 aliphatic heterocycles. The molecule has 0 fully saturated rings. The highest BCUT2D eigenvalue weighted by molar-refractivity contribution is 4.86. The molecule has 1 atom stereocenters. The van der Waals surface area contributed by atoms with Crippen molar-refractivity contribution in [1.29, 1.82) is 5.26 Å². The molecule has 0 aromatic heterocycles. The molecule has 0 bridgehead atoms. The van der Waals surface area contributed by atoms with Gasteiger partial charge in [0.2, 0.25) is 0 Å². The normalized spacial score (nSPS) is 13.2. The van der Waals surface area contributed by atoms with Crippen molar-refractivity contribution in [1.82, 2.24) is 0 Å². The topological polar surface area (TPSA) is 44.0 Å². The Morgan fingerprint density at radius 2 is 1.89 bits per heavy atom. The number of aliphatic hydroxyl groups is 1. The molecule has 0 amide bonds. The molecule has 0 radical (unpaired) electrons. The maximum Gasteiger partial charge on any atom is 0.143 e. The minimum absolute atomic E-state index is 0.162. The van der Waals surface area contributed by atoms with Gasteiger partial charge in [-0.25, -0.2) is 0 Å². The summed E-state index contributed by atoms with van der Waals surface area (Å²) in [6.07, 6.45) is 0.996. The lowest BCUT2D eigenvalue weighted by atomic mass is 9.98. The van der Waals surface area contributed by atoms with Crippen LogP contribution in [0, 0.1) is 17.2 Å². The smallest absolute Gasteiger partial charge is 0.143 e. The molecule has 2 nitrogen and oxygen atoms in total. The van der Waals surface area contributed by atoms with Crippen LogP contribution in [0.5, 0.6) is 0 Å². The Hall–Kier alpha value is -0.550. The van der Waals surface area contributed by atoms with Gasteiger partial charge in [-0.2, -0.15) is 5.26 Å². The van der Waals surface area contributed by atoms with Crippen LogP contribution >= 0.6 is 0 Å². The van der Waals surface area contributed by atoms with Crippen molar-refractivity contribution in [2.24, 2.45) is 5.92 Å². The van der Waals surface area contributed by atoms with Crippen molar-refractivity contribution in [2.45, 2.75) is 32.8 Å². The van der Waals surface area contributed by atoms with Crippen molar-refractivity contribution in [2.75, 3.05) is 0 Å². The van der Waals surface area contributed by atoms with Gasteiger partial charge in [-0.3, -0.25) is 0 Å². The van der Waals surface area contributed by atoms with Crippen LogP contribution in [0.2, 0.25) is 0 Å². The zero-order chi connectivity index (χ0) is 7.28. The SMILES string of the molecule is CCC(CC)[C@H](O)C#N. The van der Waals surface area contributed by atoms with Crippen molar-refractivity contribution in [3.8, 4) is 6.07 Å². The van der Waals surface area contributed by atoms with E-state index in [0.717, 1.165) is 12.8 Å². The highest BCUT2D eigenvalue weighted by Gasteiger charge is 2.12. The summed E-state index contributed by atoms with van der Waals surface area (Å²) in [5.74, 6) is 0.162. The summed E-state index contributed by atoms with van der Waals surface area (Å²) in [5.41, 5.74) is 0. The van der Waals surface area contributed by atoms with Crippen LogP contribution in [0.15, 0.2) is 0 Å². The van der Waals surface area contributed by atoms with Crippen molar-refractivity contribution >= 4 is 0 Å². The van der Waals surface area contributed by atoms with E-state index in [2.05, 4.69) is 0 Å². The van der Waals surface area contributed by atoms with Crippen molar-refractivity contribution in [3.63, 3.8) is 0 Å². The summed E-state index contributed by atoms with van der Waals surface area (Å²) in [6.45, 7) is 3.96. The summed E-state index contributed by atoms with van der Waals surface area (Å²) in [6, 6.07) is 1.82. The van der Waals surface area contributed by atoms with Crippen LogP contribution in [0.1, 0.15) is 26.7 Å². The second kappa shape index (κ2) is 4.34. The van der Waals surface area contributed by atoms with E-state index >= 15 is 0 Å². The largest absolute Gasteiger partial charge is 0.378 e. The van der Waals surface area contributed by atoms with Gasteiger partial charge in [-0.15, -0.1) is 0 Å². The zero-order valence-corrected chi connectivity index (χ0v) is 5.96. The Morgan fingerprint density at radius 1 is 1.44 bits per heavy atom. The molecule has 1 N–H and O–H groups in total. The first kappa shape index (κ1) is 8.45. The standard InChI is InChI=1S/C7H13NO/c1-3-6(4-2)7(9)5-8/h6-7,9H,3-4H2,1-2H3/t7-/m1/s1. The number of nitriles is 1. The second-order valence-corrected chi connectivity index (χ2v) is 2.15. The van der Waals surface area contributed by atoms with Crippen LogP contribution in [-0.2, 0) is 0 Å². The fourth-order valence-electron chi connectivity index (χ4n) is 0.841. The van der Waals surface area contributed by atoms with E-state index in [0.29, 0.717) is 0 Å². The van der Waals surface area contributed by atoms with Crippen LogP contribution in [0.3, 0.4) is 0 Å². The summed E-state index contributed by atoms with van der Waals surface area (Å²) in [4.78, 5) is 0. The lowest BCUT2D eigenvalue weighted by molar-refractivity contribution is 0.153. The van der Waals surface area contributed by atoms with Gasteiger partial charge in [0.25, 0.3) is 0 Å². The molecule has 0 aliphatic rings. The van der Waals surface area contributed by atoms with Crippen LogP contribution in [0.4, 0.5) is 0 Å². The van der Waals surface area contributed by atoms with Crippen LogP contribution < -0.4 is 0 Å². The fraction of sp³-hybridized carbons (Fsp3) is 0.857. The summed E-state index contributed by atoms with van der Waals surface area (Å²) >= 11 is 0. The molecule has 0 saturated carbocycles. The quantitative estimate of drug-likeness (QED) is 0.581. The van der Waals surface area contributed by atoms with E-state index in [9.17, 15) is 0 Å².